The van der Waals surface area contributed by atoms with Crippen LogP contribution in [0.5, 0.6) is 0 Å². The zero-order valence-corrected chi connectivity index (χ0v) is 16.9. The molecule has 0 aliphatic rings. The summed E-state index contributed by atoms with van der Waals surface area (Å²) in [5.41, 5.74) is 8.16. The normalized spacial score (nSPS) is 11.7. The Hall–Kier alpha value is -3.56. The molecule has 0 radical (unpaired) electrons. The number of anilines is 1. The second-order valence-corrected chi connectivity index (χ2v) is 8.41. The number of primary sulfonamides is 1. The van der Waals surface area contributed by atoms with Crippen LogP contribution in [0.1, 0.15) is 12.1 Å². The maximum atomic E-state index is 14.0. The van der Waals surface area contributed by atoms with Gasteiger partial charge in [0.05, 0.1) is 16.3 Å². The van der Waals surface area contributed by atoms with Gasteiger partial charge >= 0.3 is 0 Å². The Kier molecular flexibility index (Phi) is 5.30. The van der Waals surface area contributed by atoms with E-state index in [1.807, 2.05) is 0 Å². The lowest BCUT2D eigenvalue weighted by atomic mass is 9.98. The van der Waals surface area contributed by atoms with Crippen molar-refractivity contribution in [3.05, 3.63) is 84.6 Å². The molecule has 4 rings (SSSR count). The van der Waals surface area contributed by atoms with Gasteiger partial charge in [-0.05, 0) is 42.0 Å². The Morgan fingerprint density at radius 1 is 0.839 bits per heavy atom. The first-order valence-corrected chi connectivity index (χ1v) is 10.8. The highest BCUT2D eigenvalue weighted by Crippen LogP contribution is 2.40. The molecule has 0 aliphatic heterocycles. The van der Waals surface area contributed by atoms with E-state index >= 15 is 0 Å². The molecular weight excluding hydrogens is 422 g/mol. The van der Waals surface area contributed by atoms with Gasteiger partial charge in [-0.25, -0.2) is 27.0 Å². The van der Waals surface area contributed by atoms with Crippen LogP contribution >= 0.6 is 0 Å². The average Bonchev–Trinajstić information content (AvgIpc) is 3.15. The number of aromatic nitrogens is 2. The number of benzene rings is 3. The molecule has 0 unspecified atom stereocenters. The van der Waals surface area contributed by atoms with Crippen molar-refractivity contribution in [2.45, 2.75) is 11.3 Å². The predicted octanol–water partition coefficient (Wildman–Crippen LogP) is 4.37. The van der Waals surface area contributed by atoms with Gasteiger partial charge in [0, 0.05) is 16.8 Å². The van der Waals surface area contributed by atoms with Gasteiger partial charge in [-0.3, -0.25) is 0 Å². The third-order valence-corrected chi connectivity index (χ3v) is 5.70. The van der Waals surface area contributed by atoms with Crippen LogP contribution in [0.3, 0.4) is 0 Å². The van der Waals surface area contributed by atoms with Gasteiger partial charge in [0.25, 0.3) is 6.43 Å². The number of sulfonamides is 1. The van der Waals surface area contributed by atoms with E-state index in [-0.39, 0.29) is 16.2 Å². The molecule has 0 atom stereocenters. The molecular formula is C22H18F2N4O2S. The van der Waals surface area contributed by atoms with E-state index in [0.717, 1.165) is 0 Å². The summed E-state index contributed by atoms with van der Waals surface area (Å²) < 4.78 is 52.7. The van der Waals surface area contributed by atoms with Crippen LogP contribution < -0.4 is 10.9 Å². The second kappa shape index (κ2) is 7.93. The number of nitrogens with two attached hydrogens (primary N) is 2. The number of hydrogen-bond donors (Lipinski definition) is 2. The molecule has 0 saturated heterocycles. The molecule has 158 valence electrons. The Balaban J connectivity index is 2.03. The van der Waals surface area contributed by atoms with Crippen molar-refractivity contribution in [3.8, 4) is 28.1 Å². The summed E-state index contributed by atoms with van der Waals surface area (Å²) in [6.45, 7) is 0. The molecule has 1 heterocycles. The molecule has 0 bridgehead atoms. The topological polar surface area (TPSA) is 104 Å². The van der Waals surface area contributed by atoms with E-state index in [1.54, 1.807) is 54.6 Å². The van der Waals surface area contributed by atoms with Crippen LogP contribution in [-0.4, -0.2) is 18.2 Å². The SMILES string of the molecule is Nc1ccc(-n2nc(C(F)F)c(-c3ccccc3)c2-c2ccc(S(N)(=O)=O)cc2)cc1. The molecule has 1 aromatic heterocycles. The molecule has 0 fully saturated rings. The molecule has 3 aromatic carbocycles. The minimum atomic E-state index is -3.90. The van der Waals surface area contributed by atoms with Crippen molar-refractivity contribution >= 4 is 15.7 Å². The first kappa shape index (κ1) is 20.7. The minimum Gasteiger partial charge on any atom is -0.399 e. The predicted molar refractivity (Wildman–Crippen MR) is 115 cm³/mol. The van der Waals surface area contributed by atoms with Crippen LogP contribution in [-0.2, 0) is 10.0 Å². The maximum Gasteiger partial charge on any atom is 0.282 e. The van der Waals surface area contributed by atoms with Gasteiger partial charge in [0.15, 0.2) is 0 Å². The van der Waals surface area contributed by atoms with Crippen LogP contribution in [0.4, 0.5) is 14.5 Å². The quantitative estimate of drug-likeness (QED) is 0.450. The highest BCUT2D eigenvalue weighted by molar-refractivity contribution is 7.89. The van der Waals surface area contributed by atoms with Gasteiger partial charge in [-0.2, -0.15) is 5.10 Å². The number of nitrogen functional groups attached to an aromatic ring is 1. The second-order valence-electron chi connectivity index (χ2n) is 6.85. The Labute approximate surface area is 177 Å². The maximum absolute atomic E-state index is 14.0. The molecule has 0 spiro atoms. The number of alkyl halides is 2. The van der Waals surface area contributed by atoms with Crippen molar-refractivity contribution in [1.82, 2.24) is 9.78 Å². The fourth-order valence-electron chi connectivity index (χ4n) is 3.35. The molecule has 6 nitrogen and oxygen atoms in total. The molecule has 0 saturated carbocycles. The molecule has 0 amide bonds. The Bertz CT molecular complexity index is 1320. The lowest BCUT2D eigenvalue weighted by molar-refractivity contribution is 0.146. The highest BCUT2D eigenvalue weighted by Gasteiger charge is 2.27. The van der Waals surface area contributed by atoms with E-state index in [1.165, 1.54) is 28.9 Å². The zero-order valence-electron chi connectivity index (χ0n) is 16.1. The number of nitrogens with zero attached hydrogens (tertiary/aromatic N) is 2. The van der Waals surface area contributed by atoms with Gasteiger partial charge in [0.1, 0.15) is 5.69 Å². The van der Waals surface area contributed by atoms with Crippen LogP contribution in [0, 0.1) is 0 Å². The summed E-state index contributed by atoms with van der Waals surface area (Å²) in [6, 6.07) is 21.1. The summed E-state index contributed by atoms with van der Waals surface area (Å²) >= 11 is 0. The molecule has 4 aromatic rings. The Morgan fingerprint density at radius 2 is 1.45 bits per heavy atom. The number of rotatable bonds is 5. The summed E-state index contributed by atoms with van der Waals surface area (Å²) in [4.78, 5) is -0.0786. The van der Waals surface area contributed by atoms with Gasteiger partial charge in [-0.1, -0.05) is 42.5 Å². The van der Waals surface area contributed by atoms with Crippen molar-refractivity contribution in [2.75, 3.05) is 5.73 Å². The zero-order chi connectivity index (χ0) is 22.2. The third-order valence-electron chi connectivity index (χ3n) is 4.78. The largest absolute Gasteiger partial charge is 0.399 e. The molecule has 4 N–H and O–H groups in total. The minimum absolute atomic E-state index is 0.0786. The van der Waals surface area contributed by atoms with Crippen LogP contribution in [0.25, 0.3) is 28.1 Å². The van der Waals surface area contributed by atoms with Crippen molar-refractivity contribution in [1.29, 1.82) is 0 Å². The van der Waals surface area contributed by atoms with E-state index in [0.29, 0.717) is 28.2 Å². The lowest BCUT2D eigenvalue weighted by Gasteiger charge is -2.11. The smallest absolute Gasteiger partial charge is 0.282 e. The van der Waals surface area contributed by atoms with E-state index < -0.39 is 16.4 Å². The summed E-state index contributed by atoms with van der Waals surface area (Å²) in [7, 11) is -3.90. The molecule has 9 heteroatoms. The Morgan fingerprint density at radius 3 is 2.00 bits per heavy atom. The number of halogens is 2. The average molecular weight is 440 g/mol. The fraction of sp³-hybridized carbons (Fsp3) is 0.0455. The summed E-state index contributed by atoms with van der Waals surface area (Å²) in [5, 5.41) is 9.41. The van der Waals surface area contributed by atoms with Crippen molar-refractivity contribution in [3.63, 3.8) is 0 Å². The monoisotopic (exact) mass is 440 g/mol. The van der Waals surface area contributed by atoms with Gasteiger partial charge < -0.3 is 5.73 Å². The highest BCUT2D eigenvalue weighted by atomic mass is 32.2. The van der Waals surface area contributed by atoms with Crippen LogP contribution in [0.2, 0.25) is 0 Å². The van der Waals surface area contributed by atoms with Crippen molar-refractivity contribution in [2.24, 2.45) is 5.14 Å². The number of hydrogen-bond acceptors (Lipinski definition) is 4. The van der Waals surface area contributed by atoms with Crippen molar-refractivity contribution < 1.29 is 17.2 Å². The first-order chi connectivity index (χ1) is 14.8. The standard InChI is InChI=1S/C22H18F2N4O2S/c23-22(24)20-19(14-4-2-1-3-5-14)21(15-6-12-18(13-7-15)31(26,29)30)28(27-20)17-10-8-16(25)9-11-17/h1-13,22H,25H2,(H2,26,29,30). The molecule has 0 aliphatic carbocycles. The summed E-state index contributed by atoms with van der Waals surface area (Å²) in [6.07, 6.45) is -2.83. The lowest BCUT2D eigenvalue weighted by Crippen LogP contribution is -2.11. The molecule has 31 heavy (non-hydrogen) atoms. The van der Waals surface area contributed by atoms with E-state index in [4.69, 9.17) is 10.9 Å². The fourth-order valence-corrected chi connectivity index (χ4v) is 3.86. The van der Waals surface area contributed by atoms with Gasteiger partial charge in [-0.15, -0.1) is 0 Å². The van der Waals surface area contributed by atoms with E-state index in [9.17, 15) is 17.2 Å². The van der Waals surface area contributed by atoms with Crippen LogP contribution in [0.15, 0.2) is 83.8 Å². The summed E-state index contributed by atoms with van der Waals surface area (Å²) in [5.74, 6) is 0. The first-order valence-electron chi connectivity index (χ1n) is 9.21. The third kappa shape index (κ3) is 4.05. The van der Waals surface area contributed by atoms with Gasteiger partial charge in [0.2, 0.25) is 10.0 Å². The van der Waals surface area contributed by atoms with E-state index in [2.05, 4.69) is 5.10 Å².